The van der Waals surface area contributed by atoms with Crippen molar-refractivity contribution in [1.82, 2.24) is 5.32 Å². The van der Waals surface area contributed by atoms with Crippen LogP contribution >= 0.6 is 0 Å². The van der Waals surface area contributed by atoms with Crippen molar-refractivity contribution in [1.29, 1.82) is 0 Å². The molecule has 1 aromatic carbocycles. The zero-order valence-corrected chi connectivity index (χ0v) is 11.8. The lowest BCUT2D eigenvalue weighted by molar-refractivity contribution is 0.177. The van der Waals surface area contributed by atoms with E-state index in [0.717, 1.165) is 25.2 Å². The van der Waals surface area contributed by atoms with Gasteiger partial charge in [0.15, 0.2) is 11.6 Å². The summed E-state index contributed by atoms with van der Waals surface area (Å²) in [6.45, 7) is 5.94. The van der Waals surface area contributed by atoms with E-state index >= 15 is 0 Å². The molecule has 0 unspecified atom stereocenters. The molecular weight excluding hydrogens is 245 g/mol. The number of ether oxygens (including phenoxy) is 2. The third-order valence-electron chi connectivity index (χ3n) is 3.86. The average Bonchev–Trinajstić information content (AvgIpc) is 2.93. The highest BCUT2D eigenvalue weighted by Gasteiger charge is 2.23. The lowest BCUT2D eigenvalue weighted by Gasteiger charge is -2.24. The summed E-state index contributed by atoms with van der Waals surface area (Å²) in [6, 6.07) is 5.55. The molecule has 0 bridgehead atoms. The van der Waals surface area contributed by atoms with Gasteiger partial charge in [0.1, 0.15) is 0 Å². The van der Waals surface area contributed by atoms with Crippen LogP contribution in [-0.4, -0.2) is 26.4 Å². The minimum Gasteiger partial charge on any atom is -0.494 e. The molecule has 0 spiro atoms. The lowest BCUT2D eigenvalue weighted by atomic mass is 9.98. The standard InChI is InChI=1S/C15H22FNO2/c1-10(17-11(2)13-6-7-19-9-13)12-4-5-14(16)15(8-12)18-3/h4-5,8,10-11,13,17H,6-7,9H2,1-3H3/t10-,11-,13-/m1/s1. The maximum absolute atomic E-state index is 13.4. The van der Waals surface area contributed by atoms with Crippen molar-refractivity contribution >= 4 is 0 Å². The molecule has 1 saturated heterocycles. The van der Waals surface area contributed by atoms with Crippen LogP contribution in [0.3, 0.4) is 0 Å². The highest BCUT2D eigenvalue weighted by molar-refractivity contribution is 5.32. The Balaban J connectivity index is 2.00. The first kappa shape index (κ1) is 14.3. The van der Waals surface area contributed by atoms with Gasteiger partial charge in [0, 0.05) is 18.7 Å². The predicted molar refractivity (Wildman–Crippen MR) is 72.9 cm³/mol. The molecule has 0 saturated carbocycles. The summed E-state index contributed by atoms with van der Waals surface area (Å²) in [6.07, 6.45) is 1.10. The molecule has 1 aliphatic heterocycles. The Morgan fingerprint density at radius 1 is 1.42 bits per heavy atom. The van der Waals surface area contributed by atoms with Crippen molar-refractivity contribution in [2.75, 3.05) is 20.3 Å². The molecule has 1 N–H and O–H groups in total. The summed E-state index contributed by atoms with van der Waals surface area (Å²) in [5.41, 5.74) is 1.03. The first-order valence-electron chi connectivity index (χ1n) is 6.79. The van der Waals surface area contributed by atoms with Gasteiger partial charge in [0.05, 0.1) is 13.7 Å². The van der Waals surface area contributed by atoms with E-state index in [1.165, 1.54) is 13.2 Å². The third kappa shape index (κ3) is 3.45. The second kappa shape index (κ2) is 6.35. The number of rotatable bonds is 5. The Hall–Kier alpha value is -1.13. The van der Waals surface area contributed by atoms with Crippen LogP contribution in [0.5, 0.6) is 5.75 Å². The first-order valence-corrected chi connectivity index (χ1v) is 6.79. The number of hydrogen-bond donors (Lipinski definition) is 1. The van der Waals surface area contributed by atoms with Crippen LogP contribution in [0, 0.1) is 11.7 Å². The fraction of sp³-hybridized carbons (Fsp3) is 0.600. The van der Waals surface area contributed by atoms with Gasteiger partial charge in [0.2, 0.25) is 0 Å². The van der Waals surface area contributed by atoms with Crippen molar-refractivity contribution < 1.29 is 13.9 Å². The monoisotopic (exact) mass is 267 g/mol. The van der Waals surface area contributed by atoms with Crippen molar-refractivity contribution in [3.05, 3.63) is 29.6 Å². The molecule has 1 aliphatic rings. The molecule has 2 rings (SSSR count). The third-order valence-corrected chi connectivity index (χ3v) is 3.86. The highest BCUT2D eigenvalue weighted by Crippen LogP contribution is 2.24. The van der Waals surface area contributed by atoms with Gasteiger partial charge in [-0.05, 0) is 43.9 Å². The lowest BCUT2D eigenvalue weighted by Crippen LogP contribution is -2.35. The predicted octanol–water partition coefficient (Wildman–Crippen LogP) is 2.91. The van der Waals surface area contributed by atoms with Crippen LogP contribution in [0.2, 0.25) is 0 Å². The molecule has 1 heterocycles. The molecule has 3 atom stereocenters. The van der Waals surface area contributed by atoms with Gasteiger partial charge in [-0.15, -0.1) is 0 Å². The van der Waals surface area contributed by atoms with E-state index in [1.807, 2.05) is 0 Å². The minimum atomic E-state index is -0.323. The Morgan fingerprint density at radius 3 is 2.84 bits per heavy atom. The van der Waals surface area contributed by atoms with E-state index in [9.17, 15) is 4.39 Å². The quantitative estimate of drug-likeness (QED) is 0.889. The Morgan fingerprint density at radius 2 is 2.21 bits per heavy atom. The van der Waals surface area contributed by atoms with Gasteiger partial charge in [-0.3, -0.25) is 0 Å². The van der Waals surface area contributed by atoms with Crippen LogP contribution < -0.4 is 10.1 Å². The van der Waals surface area contributed by atoms with Crippen LogP contribution in [0.15, 0.2) is 18.2 Å². The Kier molecular flexibility index (Phi) is 4.77. The van der Waals surface area contributed by atoms with Crippen LogP contribution in [-0.2, 0) is 4.74 Å². The van der Waals surface area contributed by atoms with Gasteiger partial charge in [-0.1, -0.05) is 6.07 Å². The minimum absolute atomic E-state index is 0.157. The maximum Gasteiger partial charge on any atom is 0.165 e. The Bertz CT molecular complexity index is 419. The van der Waals surface area contributed by atoms with Gasteiger partial charge in [-0.25, -0.2) is 4.39 Å². The molecule has 0 radical (unpaired) electrons. The summed E-state index contributed by atoms with van der Waals surface area (Å²) >= 11 is 0. The number of hydrogen-bond acceptors (Lipinski definition) is 3. The van der Waals surface area contributed by atoms with E-state index < -0.39 is 0 Å². The maximum atomic E-state index is 13.4. The summed E-state index contributed by atoms with van der Waals surface area (Å²) in [5, 5.41) is 3.55. The molecule has 3 nitrogen and oxygen atoms in total. The number of halogens is 1. The fourth-order valence-electron chi connectivity index (χ4n) is 2.52. The van der Waals surface area contributed by atoms with E-state index in [1.54, 1.807) is 12.1 Å². The van der Waals surface area contributed by atoms with Crippen molar-refractivity contribution in [3.8, 4) is 5.75 Å². The number of nitrogens with one attached hydrogen (secondary N) is 1. The molecule has 1 aromatic rings. The van der Waals surface area contributed by atoms with Gasteiger partial charge >= 0.3 is 0 Å². The molecule has 0 aliphatic carbocycles. The number of benzene rings is 1. The summed E-state index contributed by atoms with van der Waals surface area (Å²) in [4.78, 5) is 0. The molecule has 106 valence electrons. The second-order valence-corrected chi connectivity index (χ2v) is 5.19. The molecular formula is C15H22FNO2. The molecule has 19 heavy (non-hydrogen) atoms. The average molecular weight is 267 g/mol. The molecule has 4 heteroatoms. The summed E-state index contributed by atoms with van der Waals surface area (Å²) < 4.78 is 23.8. The van der Waals surface area contributed by atoms with Crippen molar-refractivity contribution in [2.45, 2.75) is 32.4 Å². The van der Waals surface area contributed by atoms with E-state index in [2.05, 4.69) is 19.2 Å². The second-order valence-electron chi connectivity index (χ2n) is 5.19. The van der Waals surface area contributed by atoms with E-state index in [4.69, 9.17) is 9.47 Å². The van der Waals surface area contributed by atoms with Crippen LogP contribution in [0.25, 0.3) is 0 Å². The van der Waals surface area contributed by atoms with E-state index in [-0.39, 0.29) is 11.9 Å². The van der Waals surface area contributed by atoms with Gasteiger partial charge < -0.3 is 14.8 Å². The zero-order chi connectivity index (χ0) is 13.8. The SMILES string of the molecule is COc1cc([C@@H](C)N[C@H](C)[C@@H]2CCOC2)ccc1F. The summed E-state index contributed by atoms with van der Waals surface area (Å²) in [7, 11) is 1.48. The summed E-state index contributed by atoms with van der Waals surface area (Å²) in [5.74, 6) is 0.531. The smallest absolute Gasteiger partial charge is 0.165 e. The van der Waals surface area contributed by atoms with Crippen LogP contribution in [0.4, 0.5) is 4.39 Å². The zero-order valence-electron chi connectivity index (χ0n) is 11.8. The van der Waals surface area contributed by atoms with Crippen molar-refractivity contribution in [2.24, 2.45) is 5.92 Å². The van der Waals surface area contributed by atoms with E-state index in [0.29, 0.717) is 17.7 Å². The normalized spacial score (nSPS) is 22.2. The van der Waals surface area contributed by atoms with Crippen LogP contribution in [0.1, 0.15) is 31.9 Å². The Labute approximate surface area is 114 Å². The molecule has 0 aromatic heterocycles. The largest absolute Gasteiger partial charge is 0.494 e. The van der Waals surface area contributed by atoms with Crippen molar-refractivity contribution in [3.63, 3.8) is 0 Å². The molecule has 1 fully saturated rings. The number of methoxy groups -OCH3 is 1. The highest BCUT2D eigenvalue weighted by atomic mass is 19.1. The van der Waals surface area contributed by atoms with Gasteiger partial charge in [0.25, 0.3) is 0 Å². The topological polar surface area (TPSA) is 30.5 Å². The van der Waals surface area contributed by atoms with Gasteiger partial charge in [-0.2, -0.15) is 0 Å². The molecule has 0 amide bonds. The fourth-order valence-corrected chi connectivity index (χ4v) is 2.52. The first-order chi connectivity index (χ1) is 9.11.